The van der Waals surface area contributed by atoms with E-state index >= 15 is 0 Å². The molecule has 8 heteroatoms. The molecular weight excluding hydrogens is 338 g/mol. The highest BCUT2D eigenvalue weighted by Gasteiger charge is 2.34. The van der Waals surface area contributed by atoms with E-state index in [1.54, 1.807) is 17.0 Å². The van der Waals surface area contributed by atoms with E-state index in [4.69, 9.17) is 0 Å². The lowest BCUT2D eigenvalue weighted by atomic mass is 10.2. The number of benzene rings is 1. The molecule has 0 bridgehead atoms. The zero-order valence-electron chi connectivity index (χ0n) is 13.1. The zero-order chi connectivity index (χ0) is 18.0. The number of nitrogens with zero attached hydrogens (tertiary/aromatic N) is 2. The number of likely N-dealkylation sites (tertiary alicyclic amines) is 1. The molecule has 1 fully saturated rings. The van der Waals surface area contributed by atoms with E-state index in [-0.39, 0.29) is 17.5 Å². The summed E-state index contributed by atoms with van der Waals surface area (Å²) < 4.78 is 51.0. The Kier molecular flexibility index (Phi) is 4.61. The van der Waals surface area contributed by atoms with Gasteiger partial charge < -0.3 is 10.2 Å². The number of anilines is 1. The Balaban J connectivity index is 1.65. The molecule has 1 unspecified atom stereocenters. The lowest BCUT2D eigenvalue weighted by molar-refractivity contribution is -0.141. The molecule has 1 N–H and O–H groups in total. The summed E-state index contributed by atoms with van der Waals surface area (Å²) in [4.78, 5) is 17.5. The second-order valence-corrected chi connectivity index (χ2v) is 5.78. The summed E-state index contributed by atoms with van der Waals surface area (Å²) in [5.74, 6) is -0.563. The third-order valence-corrected chi connectivity index (χ3v) is 3.95. The molecule has 1 amide bonds. The highest BCUT2D eigenvalue weighted by Crippen LogP contribution is 2.28. The molecule has 2 heterocycles. The Morgan fingerprint density at radius 3 is 2.56 bits per heavy atom. The summed E-state index contributed by atoms with van der Waals surface area (Å²) in [7, 11) is 0. The first-order chi connectivity index (χ1) is 11.8. The molecule has 1 atom stereocenters. The van der Waals surface area contributed by atoms with E-state index in [0.717, 1.165) is 11.6 Å². The van der Waals surface area contributed by atoms with Crippen LogP contribution in [0.25, 0.3) is 0 Å². The Morgan fingerprint density at radius 1 is 1.16 bits per heavy atom. The van der Waals surface area contributed by atoms with Gasteiger partial charge in [-0.2, -0.15) is 13.2 Å². The minimum absolute atomic E-state index is 0.0109. The predicted molar refractivity (Wildman–Crippen MR) is 83.1 cm³/mol. The Hall–Kier alpha value is -2.64. The van der Waals surface area contributed by atoms with Gasteiger partial charge in [0, 0.05) is 13.1 Å². The number of carbonyl (C=O) groups excluding carboxylic acids is 1. The number of alkyl halides is 3. The number of halogens is 4. The van der Waals surface area contributed by atoms with Gasteiger partial charge in [0.1, 0.15) is 23.4 Å². The molecule has 0 spiro atoms. The van der Waals surface area contributed by atoms with Crippen LogP contribution in [-0.2, 0) is 17.5 Å². The fourth-order valence-electron chi connectivity index (χ4n) is 2.69. The fourth-order valence-corrected chi connectivity index (χ4v) is 2.69. The van der Waals surface area contributed by atoms with Gasteiger partial charge in [-0.05, 0) is 36.2 Å². The van der Waals surface area contributed by atoms with Crippen molar-refractivity contribution in [2.75, 3.05) is 11.9 Å². The van der Waals surface area contributed by atoms with Gasteiger partial charge in [-0.3, -0.25) is 4.79 Å². The molecule has 2 aromatic rings. The number of nitrogens with one attached hydrogen (secondary N) is 1. The minimum atomic E-state index is -4.54. The topological polar surface area (TPSA) is 45.2 Å². The molecular formula is C17H15F4N3O. The molecule has 0 saturated carbocycles. The second kappa shape index (κ2) is 6.70. The van der Waals surface area contributed by atoms with Crippen LogP contribution in [0.4, 0.5) is 23.4 Å². The number of aromatic nitrogens is 1. The standard InChI is InChI=1S/C17H15F4N3O/c18-12-6-4-11(5-7-12)10-24-9-8-13(16(24)25)22-15-3-1-2-14(23-15)17(19,20)21/h1-7,13H,8-10H2,(H,22,23). The van der Waals surface area contributed by atoms with E-state index in [2.05, 4.69) is 10.3 Å². The van der Waals surface area contributed by atoms with Crippen LogP contribution in [0.1, 0.15) is 17.7 Å². The van der Waals surface area contributed by atoms with Crippen LogP contribution in [0.15, 0.2) is 42.5 Å². The van der Waals surface area contributed by atoms with Crippen LogP contribution in [-0.4, -0.2) is 28.4 Å². The van der Waals surface area contributed by atoms with Gasteiger partial charge in [0.15, 0.2) is 0 Å². The maximum Gasteiger partial charge on any atom is 0.433 e. The Labute approximate surface area is 141 Å². The van der Waals surface area contributed by atoms with Crippen LogP contribution < -0.4 is 5.32 Å². The summed E-state index contributed by atoms with van der Waals surface area (Å²) in [6.07, 6.45) is -4.08. The predicted octanol–water partition coefficient (Wildman–Crippen LogP) is 3.45. The maximum absolute atomic E-state index is 12.9. The normalized spacial score (nSPS) is 17.8. The molecule has 1 aliphatic rings. The third kappa shape index (κ3) is 4.07. The highest BCUT2D eigenvalue weighted by atomic mass is 19.4. The van der Waals surface area contributed by atoms with Gasteiger partial charge in [0.2, 0.25) is 5.91 Å². The molecule has 0 aliphatic carbocycles. The van der Waals surface area contributed by atoms with E-state index in [1.807, 2.05) is 0 Å². The van der Waals surface area contributed by atoms with Crippen LogP contribution in [0.3, 0.4) is 0 Å². The molecule has 1 aliphatic heterocycles. The smallest absolute Gasteiger partial charge is 0.358 e. The Bertz CT molecular complexity index is 761. The van der Waals surface area contributed by atoms with Gasteiger partial charge >= 0.3 is 6.18 Å². The molecule has 1 aromatic carbocycles. The number of amides is 1. The largest absolute Gasteiger partial charge is 0.433 e. The number of carbonyl (C=O) groups is 1. The van der Waals surface area contributed by atoms with Crippen molar-refractivity contribution in [3.63, 3.8) is 0 Å². The molecule has 3 rings (SSSR count). The molecule has 1 saturated heterocycles. The lowest BCUT2D eigenvalue weighted by Gasteiger charge is -2.18. The van der Waals surface area contributed by atoms with E-state index in [1.165, 1.54) is 24.3 Å². The van der Waals surface area contributed by atoms with Crippen molar-refractivity contribution in [1.29, 1.82) is 0 Å². The average Bonchev–Trinajstić information content (AvgIpc) is 2.90. The first-order valence-corrected chi connectivity index (χ1v) is 7.67. The number of hydrogen-bond donors (Lipinski definition) is 1. The quantitative estimate of drug-likeness (QED) is 0.857. The summed E-state index contributed by atoms with van der Waals surface area (Å²) in [5, 5.41) is 2.77. The third-order valence-electron chi connectivity index (χ3n) is 3.95. The monoisotopic (exact) mass is 353 g/mol. The number of pyridine rings is 1. The number of hydrogen-bond acceptors (Lipinski definition) is 3. The van der Waals surface area contributed by atoms with Crippen LogP contribution in [0.2, 0.25) is 0 Å². The maximum atomic E-state index is 12.9. The highest BCUT2D eigenvalue weighted by molar-refractivity contribution is 5.86. The van der Waals surface area contributed by atoms with Crippen molar-refractivity contribution in [3.8, 4) is 0 Å². The van der Waals surface area contributed by atoms with Gasteiger partial charge in [-0.1, -0.05) is 18.2 Å². The molecule has 25 heavy (non-hydrogen) atoms. The van der Waals surface area contributed by atoms with Gasteiger partial charge in [0.25, 0.3) is 0 Å². The molecule has 4 nitrogen and oxygen atoms in total. The van der Waals surface area contributed by atoms with Crippen molar-refractivity contribution in [1.82, 2.24) is 9.88 Å². The summed E-state index contributed by atoms with van der Waals surface area (Å²) in [5.41, 5.74) is -0.223. The first-order valence-electron chi connectivity index (χ1n) is 7.67. The number of rotatable bonds is 4. The fraction of sp³-hybridized carbons (Fsp3) is 0.294. The molecule has 0 radical (unpaired) electrons. The average molecular weight is 353 g/mol. The summed E-state index contributed by atoms with van der Waals surface area (Å²) >= 11 is 0. The van der Waals surface area contributed by atoms with Gasteiger partial charge in [0.05, 0.1) is 0 Å². The van der Waals surface area contributed by atoms with Gasteiger partial charge in [-0.25, -0.2) is 9.37 Å². The first kappa shape index (κ1) is 17.2. The van der Waals surface area contributed by atoms with Crippen molar-refractivity contribution in [2.24, 2.45) is 0 Å². The Morgan fingerprint density at radius 2 is 1.88 bits per heavy atom. The lowest BCUT2D eigenvalue weighted by Crippen LogP contribution is -2.33. The van der Waals surface area contributed by atoms with Gasteiger partial charge in [-0.15, -0.1) is 0 Å². The molecule has 132 valence electrons. The van der Waals surface area contributed by atoms with Crippen LogP contribution in [0.5, 0.6) is 0 Å². The van der Waals surface area contributed by atoms with Crippen molar-refractivity contribution in [2.45, 2.75) is 25.2 Å². The second-order valence-electron chi connectivity index (χ2n) is 5.78. The molecule has 1 aromatic heterocycles. The summed E-state index contributed by atoms with van der Waals surface area (Å²) in [6, 6.07) is 8.71. The van der Waals surface area contributed by atoms with E-state index in [0.29, 0.717) is 19.5 Å². The van der Waals surface area contributed by atoms with E-state index in [9.17, 15) is 22.4 Å². The van der Waals surface area contributed by atoms with Crippen molar-refractivity contribution in [3.05, 3.63) is 59.5 Å². The van der Waals surface area contributed by atoms with Crippen molar-refractivity contribution >= 4 is 11.7 Å². The zero-order valence-corrected chi connectivity index (χ0v) is 13.1. The van der Waals surface area contributed by atoms with E-state index < -0.39 is 17.9 Å². The summed E-state index contributed by atoms with van der Waals surface area (Å²) in [6.45, 7) is 0.792. The minimum Gasteiger partial charge on any atom is -0.358 e. The SMILES string of the molecule is O=C1C(Nc2cccc(C(F)(F)F)n2)CCN1Cc1ccc(F)cc1. The van der Waals surface area contributed by atoms with Crippen LogP contribution >= 0.6 is 0 Å². The van der Waals surface area contributed by atoms with Crippen molar-refractivity contribution < 1.29 is 22.4 Å². The van der Waals surface area contributed by atoms with Crippen LogP contribution in [0, 0.1) is 5.82 Å².